The lowest BCUT2D eigenvalue weighted by atomic mass is 9.67. The molecule has 0 radical (unpaired) electrons. The molecule has 3 aromatic rings. The third-order valence-corrected chi connectivity index (χ3v) is 11.2. The fourth-order valence-corrected chi connectivity index (χ4v) is 8.66. The number of hydrogen-bond acceptors (Lipinski definition) is 8. The van der Waals surface area contributed by atoms with E-state index in [0.29, 0.717) is 49.2 Å². The van der Waals surface area contributed by atoms with Crippen LogP contribution in [0.1, 0.15) is 114 Å². The van der Waals surface area contributed by atoms with Crippen LogP contribution in [0.25, 0.3) is 0 Å². The van der Waals surface area contributed by atoms with E-state index >= 15 is 0 Å². The second-order valence-corrected chi connectivity index (χ2v) is 14.5. The number of fused-ring (bicyclic) bond motifs is 2. The van der Waals surface area contributed by atoms with E-state index in [9.17, 15) is 19.6 Å². The number of rotatable bonds is 8. The number of amides is 3. The molecule has 3 saturated heterocycles. The van der Waals surface area contributed by atoms with Crippen molar-refractivity contribution < 1.29 is 14.4 Å². The molecule has 4 heterocycles. The van der Waals surface area contributed by atoms with Gasteiger partial charge < -0.3 is 20.0 Å². The smallest absolute Gasteiger partial charge is 0.253 e. The maximum atomic E-state index is 13.7. The molecule has 2 atom stereocenters. The third-order valence-electron chi connectivity index (χ3n) is 11.2. The van der Waals surface area contributed by atoms with Crippen molar-refractivity contribution in [1.29, 1.82) is 5.26 Å². The van der Waals surface area contributed by atoms with Crippen molar-refractivity contribution in [3.05, 3.63) is 75.6 Å². The monoisotopic (exact) mass is 677 g/mol. The van der Waals surface area contributed by atoms with Gasteiger partial charge in [0.15, 0.2) is 5.82 Å². The molecule has 4 aliphatic rings. The van der Waals surface area contributed by atoms with Crippen LogP contribution in [-0.2, 0) is 23.1 Å². The zero-order valence-electron chi connectivity index (χ0n) is 29.0. The molecule has 1 aliphatic carbocycles. The van der Waals surface area contributed by atoms with Crippen LogP contribution in [-0.4, -0.2) is 104 Å². The molecule has 3 amide bonds. The first-order valence-corrected chi connectivity index (χ1v) is 18.4. The number of nitriles is 1. The Morgan fingerprint density at radius 3 is 1.98 bits per heavy atom. The van der Waals surface area contributed by atoms with E-state index in [1.807, 2.05) is 41.0 Å². The number of tetrazole rings is 1. The SMILES string of the molecule is C[C@@H](CC1(c2nn[nH]n2)c2ccc(C(=O)N3CCCCC3)cc2CCc2cc(C(=O)N3CCCCC3)ccc21)NCC(=O)N1CCCC1C#N. The number of nitrogens with zero attached hydrogens (tertiary/aromatic N) is 7. The molecule has 0 saturated carbocycles. The highest BCUT2D eigenvalue weighted by atomic mass is 16.2. The molecule has 7 rings (SSSR count). The first kappa shape index (κ1) is 33.8. The number of aromatic amines is 1. The molecule has 0 bridgehead atoms. The van der Waals surface area contributed by atoms with Crippen molar-refractivity contribution in [3.63, 3.8) is 0 Å². The van der Waals surface area contributed by atoms with Gasteiger partial charge >= 0.3 is 0 Å². The lowest BCUT2D eigenvalue weighted by molar-refractivity contribution is -0.130. The minimum Gasteiger partial charge on any atom is -0.339 e. The van der Waals surface area contributed by atoms with E-state index in [2.05, 4.69) is 44.1 Å². The normalized spacial score (nSPS) is 20.7. The number of carbonyl (C=O) groups is 3. The molecule has 50 heavy (non-hydrogen) atoms. The van der Waals surface area contributed by atoms with Crippen LogP contribution in [0.3, 0.4) is 0 Å². The highest BCUT2D eigenvalue weighted by Crippen LogP contribution is 2.47. The molecule has 2 N–H and O–H groups in total. The number of nitrogens with one attached hydrogen (secondary N) is 2. The van der Waals surface area contributed by atoms with Crippen molar-refractivity contribution in [3.8, 4) is 6.07 Å². The molecule has 0 spiro atoms. The predicted octanol–water partition coefficient (Wildman–Crippen LogP) is 3.77. The van der Waals surface area contributed by atoms with Crippen LogP contribution >= 0.6 is 0 Å². The number of aromatic nitrogens is 4. The summed E-state index contributed by atoms with van der Waals surface area (Å²) in [6.45, 7) is 5.85. The van der Waals surface area contributed by atoms with Gasteiger partial charge in [0.25, 0.3) is 11.8 Å². The Morgan fingerprint density at radius 1 is 0.880 bits per heavy atom. The summed E-state index contributed by atoms with van der Waals surface area (Å²) < 4.78 is 0. The Bertz CT molecular complexity index is 1670. The first-order chi connectivity index (χ1) is 24.4. The Labute approximate surface area is 293 Å². The van der Waals surface area contributed by atoms with Gasteiger partial charge in [0.2, 0.25) is 5.91 Å². The lowest BCUT2D eigenvalue weighted by Gasteiger charge is -2.37. The minimum absolute atomic E-state index is 0.0555. The highest BCUT2D eigenvalue weighted by molar-refractivity contribution is 5.95. The third kappa shape index (κ3) is 6.51. The van der Waals surface area contributed by atoms with Gasteiger partial charge in [0.05, 0.1) is 18.0 Å². The van der Waals surface area contributed by atoms with Gasteiger partial charge in [-0.05, 0) is 124 Å². The number of likely N-dealkylation sites (tertiary alicyclic amines) is 3. The molecule has 1 unspecified atom stereocenters. The molecule has 3 aliphatic heterocycles. The molecule has 262 valence electrons. The van der Waals surface area contributed by atoms with E-state index in [1.165, 1.54) is 0 Å². The summed E-state index contributed by atoms with van der Waals surface area (Å²) in [5, 5.41) is 28.9. The Morgan fingerprint density at radius 2 is 1.46 bits per heavy atom. The number of benzene rings is 2. The van der Waals surface area contributed by atoms with Gasteiger partial charge in [0.1, 0.15) is 6.04 Å². The first-order valence-electron chi connectivity index (χ1n) is 18.4. The van der Waals surface area contributed by atoms with Crippen LogP contribution in [0.5, 0.6) is 0 Å². The van der Waals surface area contributed by atoms with Crippen molar-refractivity contribution in [2.45, 2.75) is 95.1 Å². The number of piperidine rings is 2. The topological polar surface area (TPSA) is 151 Å². The minimum atomic E-state index is -0.897. The second-order valence-electron chi connectivity index (χ2n) is 14.5. The maximum absolute atomic E-state index is 13.7. The molecular weight excluding hydrogens is 630 g/mol. The van der Waals surface area contributed by atoms with Crippen molar-refractivity contribution in [2.24, 2.45) is 0 Å². The number of carbonyl (C=O) groups excluding carboxylic acids is 3. The summed E-state index contributed by atoms with van der Waals surface area (Å²) >= 11 is 0. The molecule has 12 heteroatoms. The maximum Gasteiger partial charge on any atom is 0.253 e. The number of aryl methyl sites for hydroxylation is 2. The van der Waals surface area contributed by atoms with E-state index in [0.717, 1.165) is 93.4 Å². The van der Waals surface area contributed by atoms with Gasteiger partial charge in [-0.3, -0.25) is 14.4 Å². The summed E-state index contributed by atoms with van der Waals surface area (Å²) in [6.07, 6.45) is 9.76. The van der Waals surface area contributed by atoms with Gasteiger partial charge in [-0.2, -0.15) is 10.5 Å². The van der Waals surface area contributed by atoms with Crippen molar-refractivity contribution >= 4 is 17.7 Å². The second kappa shape index (κ2) is 14.7. The van der Waals surface area contributed by atoms with Gasteiger partial charge in [-0.25, -0.2) is 0 Å². The standard InChI is InChI=1S/C38H47N9O3/c1-26(40-25-34(48)47-20-8-9-31(47)24-39)23-38(37-41-43-44-42-37)32-14-12-29(35(49)45-16-4-2-5-17-45)21-27(32)10-11-28-22-30(13-15-33(28)38)36(50)46-18-6-3-7-19-46/h12-15,21-22,26,31,40H,2-11,16-20,23,25H2,1H3,(H,41,42,43,44)/t26-,31?/m0/s1. The van der Waals surface area contributed by atoms with Crippen LogP contribution < -0.4 is 5.32 Å². The number of H-pyrrole nitrogens is 1. The van der Waals surface area contributed by atoms with E-state index in [1.54, 1.807) is 4.90 Å². The molecule has 12 nitrogen and oxygen atoms in total. The summed E-state index contributed by atoms with van der Waals surface area (Å²) in [6, 6.07) is 13.8. The average molecular weight is 678 g/mol. The predicted molar refractivity (Wildman–Crippen MR) is 186 cm³/mol. The van der Waals surface area contributed by atoms with Crippen molar-refractivity contribution in [2.75, 3.05) is 39.3 Å². The van der Waals surface area contributed by atoms with Gasteiger partial charge in [0, 0.05) is 49.9 Å². The quantitative estimate of drug-likeness (QED) is 0.366. The summed E-state index contributed by atoms with van der Waals surface area (Å²) in [5.41, 5.74) is 4.51. The van der Waals surface area contributed by atoms with Crippen LogP contribution in [0, 0.1) is 11.3 Å². The fourth-order valence-electron chi connectivity index (χ4n) is 8.66. The van der Waals surface area contributed by atoms with Crippen LogP contribution in [0.2, 0.25) is 0 Å². The van der Waals surface area contributed by atoms with Gasteiger partial charge in [-0.15, -0.1) is 10.2 Å². The molecular formula is C38H47N9O3. The summed E-state index contributed by atoms with van der Waals surface area (Å²) in [5.74, 6) is 0.522. The van der Waals surface area contributed by atoms with Gasteiger partial charge in [-0.1, -0.05) is 17.3 Å². The Hall–Kier alpha value is -4.63. The molecule has 2 aromatic carbocycles. The van der Waals surface area contributed by atoms with Crippen LogP contribution in [0.4, 0.5) is 0 Å². The average Bonchev–Trinajstić information content (AvgIpc) is 3.87. The molecule has 1 aromatic heterocycles. The Balaban J connectivity index is 1.28. The van der Waals surface area contributed by atoms with E-state index < -0.39 is 5.41 Å². The Kier molecular flexibility index (Phi) is 9.95. The zero-order valence-corrected chi connectivity index (χ0v) is 29.0. The summed E-state index contributed by atoms with van der Waals surface area (Å²) in [7, 11) is 0. The van der Waals surface area contributed by atoms with Crippen molar-refractivity contribution in [1.82, 2.24) is 40.6 Å². The largest absolute Gasteiger partial charge is 0.339 e. The summed E-state index contributed by atoms with van der Waals surface area (Å²) in [4.78, 5) is 46.2. The number of hydrogen-bond donors (Lipinski definition) is 2. The van der Waals surface area contributed by atoms with E-state index in [-0.39, 0.29) is 36.3 Å². The molecule has 3 fully saturated rings. The highest BCUT2D eigenvalue weighted by Gasteiger charge is 2.46. The lowest BCUT2D eigenvalue weighted by Crippen LogP contribution is -2.45. The van der Waals surface area contributed by atoms with E-state index in [4.69, 9.17) is 0 Å². The zero-order chi connectivity index (χ0) is 34.7. The van der Waals surface area contributed by atoms with Crippen LogP contribution in [0.15, 0.2) is 36.4 Å². The fraction of sp³-hybridized carbons (Fsp3) is 0.553.